The number of nitrogens with zero attached hydrogens (tertiary/aromatic N) is 3. The third-order valence-electron chi connectivity index (χ3n) is 4.62. The van der Waals surface area contributed by atoms with Gasteiger partial charge in [-0.3, -0.25) is 9.48 Å². The van der Waals surface area contributed by atoms with Crippen molar-refractivity contribution >= 4 is 16.9 Å². The van der Waals surface area contributed by atoms with Crippen molar-refractivity contribution in [1.29, 1.82) is 0 Å². The number of rotatable bonds is 3. The van der Waals surface area contributed by atoms with Gasteiger partial charge in [-0.15, -0.1) is 0 Å². The molecule has 0 aliphatic rings. The highest BCUT2D eigenvalue weighted by atomic mass is 16.3. The van der Waals surface area contributed by atoms with E-state index < -0.39 is 0 Å². The van der Waals surface area contributed by atoms with Crippen molar-refractivity contribution in [2.75, 3.05) is 7.05 Å². The van der Waals surface area contributed by atoms with Gasteiger partial charge in [0.25, 0.3) is 5.91 Å². The van der Waals surface area contributed by atoms with Crippen LogP contribution in [0.25, 0.3) is 11.0 Å². The Bertz CT molecular complexity index is 882. The Morgan fingerprint density at radius 2 is 1.92 bits per heavy atom. The molecule has 3 aromatic rings. The van der Waals surface area contributed by atoms with E-state index >= 15 is 0 Å². The predicted octanol–water partition coefficient (Wildman–Crippen LogP) is 4.30. The molecule has 0 aliphatic carbocycles. The van der Waals surface area contributed by atoms with Crippen molar-refractivity contribution in [1.82, 2.24) is 14.7 Å². The maximum atomic E-state index is 13.0. The lowest BCUT2D eigenvalue weighted by molar-refractivity contribution is 0.0716. The average Bonchev–Trinajstić information content (AvgIpc) is 3.15. The highest BCUT2D eigenvalue weighted by Crippen LogP contribution is 2.28. The Morgan fingerprint density at radius 1 is 1.24 bits per heavy atom. The van der Waals surface area contributed by atoms with E-state index in [1.165, 1.54) is 0 Å². The van der Waals surface area contributed by atoms with Gasteiger partial charge in [0.1, 0.15) is 17.0 Å². The Kier molecular flexibility index (Phi) is 4.19. The molecule has 5 heteroatoms. The predicted molar refractivity (Wildman–Crippen MR) is 98.6 cm³/mol. The van der Waals surface area contributed by atoms with Crippen LogP contribution >= 0.6 is 0 Å². The van der Waals surface area contributed by atoms with E-state index in [1.54, 1.807) is 16.6 Å². The number of aromatic nitrogens is 2. The van der Waals surface area contributed by atoms with Crippen molar-refractivity contribution in [3.8, 4) is 0 Å². The number of aryl methyl sites for hydroxylation is 1. The molecule has 0 fully saturated rings. The second-order valence-corrected chi connectivity index (χ2v) is 7.57. The summed E-state index contributed by atoms with van der Waals surface area (Å²) in [6, 6.07) is 11.6. The zero-order chi connectivity index (χ0) is 18.4. The first kappa shape index (κ1) is 17.3. The fraction of sp³-hybridized carbons (Fsp3) is 0.400. The number of para-hydroxylation sites is 1. The maximum absolute atomic E-state index is 13.0. The number of amides is 1. The molecular formula is C20H25N3O2. The fourth-order valence-electron chi connectivity index (χ4n) is 2.79. The number of hydrogen-bond acceptors (Lipinski definition) is 3. The molecule has 0 aliphatic heterocycles. The first-order valence-corrected chi connectivity index (χ1v) is 8.48. The normalized spacial score (nSPS) is 13.2. The molecule has 25 heavy (non-hydrogen) atoms. The summed E-state index contributed by atoms with van der Waals surface area (Å²) in [5.41, 5.74) is 2.22. The second-order valence-electron chi connectivity index (χ2n) is 7.57. The Hall–Kier alpha value is -2.56. The molecule has 0 saturated heterocycles. The van der Waals surface area contributed by atoms with Gasteiger partial charge in [-0.1, -0.05) is 39.0 Å². The van der Waals surface area contributed by atoms with Crippen molar-refractivity contribution in [3.63, 3.8) is 0 Å². The molecule has 5 nitrogen and oxygen atoms in total. The summed E-state index contributed by atoms with van der Waals surface area (Å²) >= 11 is 0. The lowest BCUT2D eigenvalue weighted by Crippen LogP contribution is -2.30. The molecule has 132 valence electrons. The Labute approximate surface area is 148 Å². The van der Waals surface area contributed by atoms with Gasteiger partial charge in [0.05, 0.1) is 11.7 Å². The van der Waals surface area contributed by atoms with Crippen LogP contribution in [0.4, 0.5) is 0 Å². The van der Waals surface area contributed by atoms with Gasteiger partial charge < -0.3 is 9.32 Å². The van der Waals surface area contributed by atoms with Crippen molar-refractivity contribution in [3.05, 3.63) is 53.5 Å². The van der Waals surface area contributed by atoms with Gasteiger partial charge in [-0.05, 0) is 25.1 Å². The first-order chi connectivity index (χ1) is 11.7. The molecule has 0 bridgehead atoms. The molecule has 1 aromatic carbocycles. The van der Waals surface area contributed by atoms with E-state index in [0.717, 1.165) is 22.4 Å². The second kappa shape index (κ2) is 6.06. The van der Waals surface area contributed by atoms with E-state index in [9.17, 15) is 4.79 Å². The van der Waals surface area contributed by atoms with Crippen molar-refractivity contribution in [2.24, 2.45) is 7.05 Å². The van der Waals surface area contributed by atoms with Crippen LogP contribution in [0.15, 0.2) is 40.8 Å². The minimum absolute atomic E-state index is 0.0709. The number of furan rings is 1. The van der Waals surface area contributed by atoms with Crippen LogP contribution in [0.2, 0.25) is 0 Å². The highest BCUT2D eigenvalue weighted by molar-refractivity contribution is 5.93. The van der Waals surface area contributed by atoms with Gasteiger partial charge in [-0.2, -0.15) is 5.10 Å². The van der Waals surface area contributed by atoms with E-state index in [1.807, 2.05) is 50.4 Å². The largest absolute Gasteiger partial charge is 0.459 e. The van der Waals surface area contributed by atoms with Crippen LogP contribution in [0.5, 0.6) is 0 Å². The minimum Gasteiger partial charge on any atom is -0.459 e. The summed E-state index contributed by atoms with van der Waals surface area (Å²) < 4.78 is 7.57. The monoisotopic (exact) mass is 339 g/mol. The SMILES string of the molecule is CC(c1cc2ccccc2o1)N(C)C(=O)c1cc(C(C)(C)C)nn1C. The lowest BCUT2D eigenvalue weighted by Gasteiger charge is -2.23. The van der Waals surface area contributed by atoms with E-state index in [0.29, 0.717) is 5.69 Å². The van der Waals surface area contributed by atoms with Crippen LogP contribution in [-0.4, -0.2) is 27.6 Å². The molecule has 2 heterocycles. The standard InChI is InChI=1S/C20H25N3O2/c1-13(17-11-14-9-7-8-10-16(14)25-17)22(5)19(24)15-12-18(20(2,3)4)21-23(15)6/h7-13H,1-6H3. The number of benzene rings is 1. The van der Waals surface area contributed by atoms with Gasteiger partial charge in [0.15, 0.2) is 0 Å². The number of carbonyl (C=O) groups excluding carboxylic acids is 1. The fourth-order valence-corrected chi connectivity index (χ4v) is 2.79. The minimum atomic E-state index is -0.173. The topological polar surface area (TPSA) is 51.3 Å². The molecule has 0 spiro atoms. The number of hydrogen-bond donors (Lipinski definition) is 0. The van der Waals surface area contributed by atoms with E-state index in [2.05, 4.69) is 25.9 Å². The zero-order valence-electron chi connectivity index (χ0n) is 15.7. The molecule has 1 amide bonds. The van der Waals surface area contributed by atoms with Crippen LogP contribution in [0.1, 0.15) is 55.7 Å². The molecule has 2 aromatic heterocycles. The van der Waals surface area contributed by atoms with Crippen LogP contribution in [-0.2, 0) is 12.5 Å². The molecule has 1 atom stereocenters. The van der Waals surface area contributed by atoms with Gasteiger partial charge in [0.2, 0.25) is 0 Å². The maximum Gasteiger partial charge on any atom is 0.272 e. The van der Waals surface area contributed by atoms with Crippen molar-refractivity contribution < 1.29 is 9.21 Å². The quantitative estimate of drug-likeness (QED) is 0.715. The van der Waals surface area contributed by atoms with Crippen molar-refractivity contribution in [2.45, 2.75) is 39.2 Å². The molecule has 1 unspecified atom stereocenters. The third kappa shape index (κ3) is 3.18. The van der Waals surface area contributed by atoms with E-state index in [-0.39, 0.29) is 17.4 Å². The summed E-state index contributed by atoms with van der Waals surface area (Å²) in [5.74, 6) is 0.703. The van der Waals surface area contributed by atoms with Gasteiger partial charge in [0, 0.05) is 24.9 Å². The summed E-state index contributed by atoms with van der Waals surface area (Å²) in [4.78, 5) is 14.7. The van der Waals surface area contributed by atoms with Gasteiger partial charge >= 0.3 is 0 Å². The Morgan fingerprint density at radius 3 is 2.52 bits per heavy atom. The number of carbonyl (C=O) groups is 1. The summed E-state index contributed by atoms with van der Waals surface area (Å²) in [6.07, 6.45) is 0. The molecular weight excluding hydrogens is 314 g/mol. The zero-order valence-corrected chi connectivity index (χ0v) is 15.7. The first-order valence-electron chi connectivity index (χ1n) is 8.48. The summed E-state index contributed by atoms with van der Waals surface area (Å²) in [7, 11) is 3.60. The van der Waals surface area contributed by atoms with Gasteiger partial charge in [-0.25, -0.2) is 0 Å². The third-order valence-corrected chi connectivity index (χ3v) is 4.62. The molecule has 0 radical (unpaired) electrons. The molecule has 3 rings (SSSR count). The average molecular weight is 339 g/mol. The smallest absolute Gasteiger partial charge is 0.272 e. The van der Waals surface area contributed by atoms with Crippen LogP contribution in [0, 0.1) is 0 Å². The molecule has 0 N–H and O–H groups in total. The number of fused-ring (bicyclic) bond motifs is 1. The van der Waals surface area contributed by atoms with E-state index in [4.69, 9.17) is 4.42 Å². The van der Waals surface area contributed by atoms with Crippen LogP contribution in [0.3, 0.4) is 0 Å². The summed E-state index contributed by atoms with van der Waals surface area (Å²) in [5, 5.41) is 5.54. The highest BCUT2D eigenvalue weighted by Gasteiger charge is 2.27. The van der Waals surface area contributed by atoms with Crippen LogP contribution < -0.4 is 0 Å². The Balaban J connectivity index is 1.88. The lowest BCUT2D eigenvalue weighted by atomic mass is 9.92. The summed E-state index contributed by atoms with van der Waals surface area (Å²) in [6.45, 7) is 8.23. The molecule has 0 saturated carbocycles.